The molecule has 0 saturated heterocycles. The molecular formula is C12H18N2O3. The van der Waals surface area contributed by atoms with Crippen LogP contribution in [-0.2, 0) is 11.2 Å². The van der Waals surface area contributed by atoms with Crippen molar-refractivity contribution in [2.24, 2.45) is 0 Å². The van der Waals surface area contributed by atoms with Gasteiger partial charge in [-0.25, -0.2) is 0 Å². The number of likely N-dealkylation sites (N-methyl/N-ethyl adjacent to an activating group) is 1. The number of carboxylic acids is 1. The first-order valence-corrected chi connectivity index (χ1v) is 5.55. The maximum Gasteiger partial charge on any atom is 0.306 e. The second kappa shape index (κ2) is 6.98. The van der Waals surface area contributed by atoms with E-state index in [0.29, 0.717) is 6.54 Å². The van der Waals surface area contributed by atoms with Crippen LogP contribution < -0.4 is 0 Å². The van der Waals surface area contributed by atoms with Gasteiger partial charge in [-0.1, -0.05) is 0 Å². The summed E-state index contributed by atoms with van der Waals surface area (Å²) in [5.41, 5.74) is 1.18. The quantitative estimate of drug-likeness (QED) is 0.719. The van der Waals surface area contributed by atoms with Gasteiger partial charge in [0.25, 0.3) is 0 Å². The zero-order chi connectivity index (χ0) is 12.7. The molecule has 0 aliphatic carbocycles. The van der Waals surface area contributed by atoms with Gasteiger partial charge in [-0.3, -0.25) is 9.78 Å². The third-order valence-corrected chi connectivity index (χ3v) is 2.46. The van der Waals surface area contributed by atoms with Gasteiger partial charge in [0.1, 0.15) is 0 Å². The smallest absolute Gasteiger partial charge is 0.306 e. The van der Waals surface area contributed by atoms with E-state index in [4.69, 9.17) is 5.11 Å². The summed E-state index contributed by atoms with van der Waals surface area (Å²) in [6.07, 6.45) is 3.33. The summed E-state index contributed by atoms with van der Waals surface area (Å²) < 4.78 is 0. The number of aliphatic hydroxyl groups is 1. The standard InChI is InChI=1S/C12H18N2O3/c1-14(9-11(15)8-12(16)17)7-4-10-2-5-13-6-3-10/h2-3,5-6,11,15H,4,7-9H2,1H3,(H,16,17). The molecule has 0 aliphatic rings. The van der Waals surface area contributed by atoms with Crippen molar-refractivity contribution in [3.05, 3.63) is 30.1 Å². The molecule has 0 bridgehead atoms. The van der Waals surface area contributed by atoms with Crippen molar-refractivity contribution in [3.8, 4) is 0 Å². The largest absolute Gasteiger partial charge is 0.481 e. The van der Waals surface area contributed by atoms with Gasteiger partial charge in [-0.15, -0.1) is 0 Å². The van der Waals surface area contributed by atoms with Crippen LogP contribution in [0.2, 0.25) is 0 Å². The Morgan fingerprint density at radius 3 is 2.71 bits per heavy atom. The second-order valence-corrected chi connectivity index (χ2v) is 4.12. The number of carboxylic acid groups (broad SMARTS) is 1. The summed E-state index contributed by atoms with van der Waals surface area (Å²) in [4.78, 5) is 16.2. The first-order valence-electron chi connectivity index (χ1n) is 5.55. The van der Waals surface area contributed by atoms with E-state index in [1.165, 1.54) is 5.56 Å². The van der Waals surface area contributed by atoms with Gasteiger partial charge >= 0.3 is 5.97 Å². The summed E-state index contributed by atoms with van der Waals surface area (Å²) >= 11 is 0. The Morgan fingerprint density at radius 1 is 1.47 bits per heavy atom. The average Bonchev–Trinajstić information content (AvgIpc) is 2.26. The minimum absolute atomic E-state index is 0.209. The minimum atomic E-state index is -0.972. The van der Waals surface area contributed by atoms with E-state index in [1.54, 1.807) is 12.4 Å². The number of nitrogens with zero attached hydrogens (tertiary/aromatic N) is 2. The molecule has 0 fully saturated rings. The molecule has 0 spiro atoms. The molecule has 0 aromatic carbocycles. The number of hydrogen-bond acceptors (Lipinski definition) is 4. The lowest BCUT2D eigenvalue weighted by Crippen LogP contribution is -2.32. The zero-order valence-corrected chi connectivity index (χ0v) is 9.91. The van der Waals surface area contributed by atoms with Gasteiger partial charge in [0.2, 0.25) is 0 Å². The van der Waals surface area contributed by atoms with Crippen molar-refractivity contribution in [2.75, 3.05) is 20.1 Å². The minimum Gasteiger partial charge on any atom is -0.481 e. The second-order valence-electron chi connectivity index (χ2n) is 4.12. The molecule has 17 heavy (non-hydrogen) atoms. The fourth-order valence-corrected chi connectivity index (χ4v) is 1.59. The molecule has 2 N–H and O–H groups in total. The van der Waals surface area contributed by atoms with Crippen LogP contribution >= 0.6 is 0 Å². The molecule has 1 aromatic rings. The molecule has 0 radical (unpaired) electrons. The predicted molar refractivity (Wildman–Crippen MR) is 63.7 cm³/mol. The lowest BCUT2D eigenvalue weighted by atomic mass is 10.2. The summed E-state index contributed by atoms with van der Waals surface area (Å²) in [5.74, 6) is -0.972. The average molecular weight is 238 g/mol. The summed E-state index contributed by atoms with van der Waals surface area (Å²) in [5, 5.41) is 18.0. The number of aromatic nitrogens is 1. The van der Waals surface area contributed by atoms with Crippen molar-refractivity contribution in [3.63, 3.8) is 0 Å². The zero-order valence-electron chi connectivity index (χ0n) is 9.91. The van der Waals surface area contributed by atoms with Crippen molar-refractivity contribution in [2.45, 2.75) is 18.9 Å². The van der Waals surface area contributed by atoms with Gasteiger partial charge in [0.05, 0.1) is 12.5 Å². The third kappa shape index (κ3) is 5.99. The van der Waals surface area contributed by atoms with Crippen LogP contribution in [0.3, 0.4) is 0 Å². The van der Waals surface area contributed by atoms with E-state index >= 15 is 0 Å². The monoisotopic (exact) mass is 238 g/mol. The highest BCUT2D eigenvalue weighted by Crippen LogP contribution is 2.00. The first-order chi connectivity index (χ1) is 8.08. The molecule has 0 amide bonds. The SMILES string of the molecule is CN(CCc1ccncc1)CC(O)CC(=O)O. The van der Waals surface area contributed by atoms with E-state index in [1.807, 2.05) is 24.1 Å². The number of aliphatic carboxylic acids is 1. The van der Waals surface area contributed by atoms with Crippen LogP contribution in [0.5, 0.6) is 0 Å². The molecule has 1 aromatic heterocycles. The number of aliphatic hydroxyl groups excluding tert-OH is 1. The van der Waals surface area contributed by atoms with Gasteiger partial charge in [0, 0.05) is 25.5 Å². The lowest BCUT2D eigenvalue weighted by molar-refractivity contribution is -0.139. The van der Waals surface area contributed by atoms with Crippen LogP contribution in [0.4, 0.5) is 0 Å². The third-order valence-electron chi connectivity index (χ3n) is 2.46. The number of pyridine rings is 1. The summed E-state index contributed by atoms with van der Waals surface area (Å²) in [6.45, 7) is 1.15. The van der Waals surface area contributed by atoms with E-state index in [9.17, 15) is 9.90 Å². The van der Waals surface area contributed by atoms with E-state index in [2.05, 4.69) is 4.98 Å². The van der Waals surface area contributed by atoms with Crippen LogP contribution in [0.1, 0.15) is 12.0 Å². The number of carbonyl (C=O) groups is 1. The predicted octanol–water partition coefficient (Wildman–Crippen LogP) is 0.392. The maximum atomic E-state index is 10.4. The van der Waals surface area contributed by atoms with Gasteiger partial charge < -0.3 is 15.1 Å². The van der Waals surface area contributed by atoms with E-state index in [-0.39, 0.29) is 6.42 Å². The Bertz CT molecular complexity index is 343. The Balaban J connectivity index is 2.25. The summed E-state index contributed by atoms with van der Waals surface area (Å²) in [7, 11) is 1.87. The molecule has 0 aliphatic heterocycles. The van der Waals surface area contributed by atoms with Crippen molar-refractivity contribution in [1.82, 2.24) is 9.88 Å². The highest BCUT2D eigenvalue weighted by Gasteiger charge is 2.11. The molecule has 0 saturated carbocycles. The summed E-state index contributed by atoms with van der Waals surface area (Å²) in [6, 6.07) is 3.89. The first kappa shape index (κ1) is 13.6. The van der Waals surface area contributed by atoms with E-state index < -0.39 is 12.1 Å². The van der Waals surface area contributed by atoms with Gasteiger partial charge in [-0.05, 0) is 31.2 Å². The van der Waals surface area contributed by atoms with Crippen LogP contribution in [0.25, 0.3) is 0 Å². The van der Waals surface area contributed by atoms with Crippen LogP contribution in [0, 0.1) is 0 Å². The highest BCUT2D eigenvalue weighted by atomic mass is 16.4. The normalized spacial score (nSPS) is 12.6. The van der Waals surface area contributed by atoms with Crippen molar-refractivity contribution in [1.29, 1.82) is 0 Å². The van der Waals surface area contributed by atoms with E-state index in [0.717, 1.165) is 13.0 Å². The molecule has 5 nitrogen and oxygen atoms in total. The topological polar surface area (TPSA) is 73.7 Å². The Kier molecular flexibility index (Phi) is 5.59. The van der Waals surface area contributed by atoms with Crippen molar-refractivity contribution >= 4 is 5.97 Å². The lowest BCUT2D eigenvalue weighted by Gasteiger charge is -2.19. The van der Waals surface area contributed by atoms with Crippen molar-refractivity contribution < 1.29 is 15.0 Å². The Morgan fingerprint density at radius 2 is 2.12 bits per heavy atom. The Labute approximate surface area is 101 Å². The molecule has 1 rings (SSSR count). The maximum absolute atomic E-state index is 10.4. The molecule has 1 heterocycles. The molecule has 1 atom stereocenters. The molecular weight excluding hydrogens is 220 g/mol. The fourth-order valence-electron chi connectivity index (χ4n) is 1.59. The number of rotatable bonds is 7. The fraction of sp³-hybridized carbons (Fsp3) is 0.500. The molecule has 1 unspecified atom stereocenters. The van der Waals surface area contributed by atoms with Crippen LogP contribution in [0.15, 0.2) is 24.5 Å². The van der Waals surface area contributed by atoms with Crippen LogP contribution in [-0.4, -0.2) is 52.3 Å². The van der Waals surface area contributed by atoms with Gasteiger partial charge in [-0.2, -0.15) is 0 Å². The highest BCUT2D eigenvalue weighted by molar-refractivity contribution is 5.67. The molecule has 94 valence electrons. The molecule has 5 heteroatoms. The van der Waals surface area contributed by atoms with Gasteiger partial charge in [0.15, 0.2) is 0 Å². The Hall–Kier alpha value is -1.46. The number of hydrogen-bond donors (Lipinski definition) is 2.